The molecule has 76 valence electrons. The van der Waals surface area contributed by atoms with Gasteiger partial charge in [0.1, 0.15) is 5.75 Å². The van der Waals surface area contributed by atoms with Gasteiger partial charge in [-0.05, 0) is 0 Å². The fourth-order valence-corrected chi connectivity index (χ4v) is 1.16. The normalized spacial score (nSPS) is 9.79. The summed E-state index contributed by atoms with van der Waals surface area (Å²) in [6.45, 7) is 0. The maximum absolute atomic E-state index is 10.5. The number of hydrogen-bond donors (Lipinski definition) is 3. The van der Waals surface area contributed by atoms with Crippen molar-refractivity contribution < 1.29 is 14.6 Å². The number of methoxy groups -OCH3 is 1. The average Bonchev–Trinajstić information content (AvgIpc) is 2.10. The van der Waals surface area contributed by atoms with E-state index in [-0.39, 0.29) is 6.42 Å². The molecular weight excluding hydrogens is 184 g/mol. The number of carbonyl (C=O) groups is 1. The molecule has 0 aliphatic heterocycles. The van der Waals surface area contributed by atoms with Gasteiger partial charge in [-0.3, -0.25) is 4.79 Å². The van der Waals surface area contributed by atoms with E-state index in [9.17, 15) is 4.79 Å². The van der Waals surface area contributed by atoms with Crippen molar-refractivity contribution in [2.45, 2.75) is 6.42 Å². The van der Waals surface area contributed by atoms with E-state index in [1.807, 2.05) is 0 Å². The molecule has 1 aromatic rings. The highest BCUT2D eigenvalue weighted by Gasteiger charge is 2.10. The largest absolute Gasteiger partial charge is 0.497 e. The second-order valence-electron chi connectivity index (χ2n) is 2.85. The van der Waals surface area contributed by atoms with Gasteiger partial charge >= 0.3 is 5.97 Å². The van der Waals surface area contributed by atoms with E-state index < -0.39 is 5.97 Å². The molecule has 0 amide bonds. The first-order valence-electron chi connectivity index (χ1n) is 3.98. The van der Waals surface area contributed by atoms with Gasteiger partial charge in [0.15, 0.2) is 0 Å². The van der Waals surface area contributed by atoms with Crippen LogP contribution in [0.1, 0.15) is 5.56 Å². The number of nitrogens with two attached hydrogens (primary N) is 2. The summed E-state index contributed by atoms with van der Waals surface area (Å²) in [5.74, 6) is -0.442. The Morgan fingerprint density at radius 1 is 1.43 bits per heavy atom. The number of rotatable bonds is 3. The van der Waals surface area contributed by atoms with Gasteiger partial charge in [-0.15, -0.1) is 0 Å². The van der Waals surface area contributed by atoms with E-state index in [1.54, 1.807) is 12.1 Å². The van der Waals surface area contributed by atoms with Crippen molar-refractivity contribution in [1.29, 1.82) is 0 Å². The van der Waals surface area contributed by atoms with Crippen molar-refractivity contribution in [2.75, 3.05) is 18.6 Å². The molecule has 0 radical (unpaired) electrons. The first kappa shape index (κ1) is 10.2. The summed E-state index contributed by atoms with van der Waals surface area (Å²) in [6.07, 6.45) is -0.179. The molecule has 0 unspecified atom stereocenters. The lowest BCUT2D eigenvalue weighted by Crippen LogP contribution is -2.07. The number of nitrogen functional groups attached to an aromatic ring is 2. The predicted molar refractivity (Wildman–Crippen MR) is 53.2 cm³/mol. The molecule has 0 atom stereocenters. The summed E-state index contributed by atoms with van der Waals surface area (Å²) < 4.78 is 4.93. The van der Waals surface area contributed by atoms with Crippen LogP contribution in [0, 0.1) is 0 Å². The maximum atomic E-state index is 10.5. The van der Waals surface area contributed by atoms with E-state index in [4.69, 9.17) is 21.3 Å². The number of anilines is 2. The summed E-state index contributed by atoms with van der Waals surface area (Å²) in [4.78, 5) is 10.5. The lowest BCUT2D eigenvalue weighted by molar-refractivity contribution is -0.136. The fraction of sp³-hybridized carbons (Fsp3) is 0.222. The minimum absolute atomic E-state index is 0.179. The topological polar surface area (TPSA) is 98.6 Å². The first-order chi connectivity index (χ1) is 6.54. The number of carboxylic acids is 1. The minimum Gasteiger partial charge on any atom is -0.497 e. The molecule has 0 saturated carbocycles. The van der Waals surface area contributed by atoms with Crippen molar-refractivity contribution in [3.8, 4) is 5.75 Å². The highest BCUT2D eigenvalue weighted by Crippen LogP contribution is 2.26. The Hall–Kier alpha value is -1.91. The zero-order valence-electron chi connectivity index (χ0n) is 7.78. The third-order valence-corrected chi connectivity index (χ3v) is 1.86. The van der Waals surface area contributed by atoms with Crippen LogP contribution in [-0.2, 0) is 11.2 Å². The molecule has 1 rings (SSSR count). The molecule has 0 bridgehead atoms. The summed E-state index contributed by atoms with van der Waals surface area (Å²) in [7, 11) is 1.49. The Morgan fingerprint density at radius 2 is 1.93 bits per heavy atom. The number of aliphatic carboxylic acids is 1. The van der Waals surface area contributed by atoms with Crippen molar-refractivity contribution in [3.05, 3.63) is 17.7 Å². The zero-order chi connectivity index (χ0) is 10.7. The monoisotopic (exact) mass is 196 g/mol. The van der Waals surface area contributed by atoms with Crippen molar-refractivity contribution >= 4 is 17.3 Å². The number of benzene rings is 1. The van der Waals surface area contributed by atoms with Gasteiger partial charge < -0.3 is 21.3 Å². The summed E-state index contributed by atoms with van der Waals surface area (Å²) >= 11 is 0. The molecule has 5 N–H and O–H groups in total. The van der Waals surface area contributed by atoms with E-state index in [2.05, 4.69) is 0 Å². The van der Waals surface area contributed by atoms with Gasteiger partial charge in [-0.1, -0.05) is 0 Å². The summed E-state index contributed by atoms with van der Waals surface area (Å²) in [6, 6.07) is 3.10. The van der Waals surface area contributed by atoms with Crippen LogP contribution in [0.4, 0.5) is 11.4 Å². The smallest absolute Gasteiger partial charge is 0.307 e. The van der Waals surface area contributed by atoms with Gasteiger partial charge in [0.2, 0.25) is 0 Å². The van der Waals surface area contributed by atoms with Crippen LogP contribution in [0.25, 0.3) is 0 Å². The van der Waals surface area contributed by atoms with Crippen molar-refractivity contribution in [2.24, 2.45) is 0 Å². The predicted octanol–water partition coefficient (Wildman–Crippen LogP) is 0.487. The third-order valence-electron chi connectivity index (χ3n) is 1.86. The van der Waals surface area contributed by atoms with Crippen LogP contribution >= 0.6 is 0 Å². The highest BCUT2D eigenvalue weighted by atomic mass is 16.5. The maximum Gasteiger partial charge on any atom is 0.307 e. The Morgan fingerprint density at radius 3 is 2.29 bits per heavy atom. The van der Waals surface area contributed by atoms with Gasteiger partial charge in [-0.2, -0.15) is 0 Å². The Kier molecular flexibility index (Phi) is 2.81. The molecule has 0 aliphatic carbocycles. The molecule has 0 aliphatic rings. The first-order valence-corrected chi connectivity index (χ1v) is 3.98. The lowest BCUT2D eigenvalue weighted by atomic mass is 10.1. The van der Waals surface area contributed by atoms with Crippen LogP contribution in [0.15, 0.2) is 12.1 Å². The zero-order valence-corrected chi connectivity index (χ0v) is 7.78. The lowest BCUT2D eigenvalue weighted by Gasteiger charge is -2.09. The van der Waals surface area contributed by atoms with Crippen LogP contribution in [0.3, 0.4) is 0 Å². The molecule has 14 heavy (non-hydrogen) atoms. The molecule has 0 saturated heterocycles. The van der Waals surface area contributed by atoms with Crippen LogP contribution in [0.5, 0.6) is 5.75 Å². The number of hydrogen-bond acceptors (Lipinski definition) is 4. The molecule has 0 heterocycles. The van der Waals surface area contributed by atoms with E-state index in [0.29, 0.717) is 22.7 Å². The Balaban J connectivity index is 3.11. The molecule has 0 spiro atoms. The molecule has 0 fully saturated rings. The SMILES string of the molecule is COc1cc(N)c(CC(=O)O)c(N)c1. The van der Waals surface area contributed by atoms with E-state index in [0.717, 1.165) is 0 Å². The second-order valence-corrected chi connectivity index (χ2v) is 2.85. The standard InChI is InChI=1S/C9H12N2O3/c1-14-5-2-7(10)6(4-9(12)13)8(11)3-5/h2-3H,4,10-11H2,1H3,(H,12,13). The van der Waals surface area contributed by atoms with Crippen molar-refractivity contribution in [3.63, 3.8) is 0 Å². The minimum atomic E-state index is -0.964. The fourth-order valence-electron chi connectivity index (χ4n) is 1.16. The van der Waals surface area contributed by atoms with Crippen LogP contribution in [-0.4, -0.2) is 18.2 Å². The number of ether oxygens (including phenoxy) is 1. The molecule has 5 nitrogen and oxygen atoms in total. The Bertz CT molecular complexity index is 340. The van der Waals surface area contributed by atoms with Crippen molar-refractivity contribution in [1.82, 2.24) is 0 Å². The quantitative estimate of drug-likeness (QED) is 0.611. The molecule has 5 heteroatoms. The van der Waals surface area contributed by atoms with Gasteiger partial charge in [0, 0.05) is 29.1 Å². The Labute approximate surface area is 81.3 Å². The van der Waals surface area contributed by atoms with Gasteiger partial charge in [0.25, 0.3) is 0 Å². The van der Waals surface area contributed by atoms with E-state index in [1.165, 1.54) is 7.11 Å². The average molecular weight is 196 g/mol. The third kappa shape index (κ3) is 2.07. The number of carboxylic acid groups (broad SMARTS) is 1. The molecular formula is C9H12N2O3. The second kappa shape index (κ2) is 3.87. The highest BCUT2D eigenvalue weighted by molar-refractivity contribution is 5.77. The van der Waals surface area contributed by atoms with E-state index >= 15 is 0 Å². The van der Waals surface area contributed by atoms with Gasteiger partial charge in [-0.25, -0.2) is 0 Å². The van der Waals surface area contributed by atoms with Crippen LogP contribution < -0.4 is 16.2 Å². The molecule has 0 aromatic heterocycles. The van der Waals surface area contributed by atoms with Gasteiger partial charge in [0.05, 0.1) is 13.5 Å². The summed E-state index contributed by atoms with van der Waals surface area (Å²) in [5, 5.41) is 8.60. The summed E-state index contributed by atoms with van der Waals surface area (Å²) in [5.41, 5.74) is 12.3. The molecule has 1 aromatic carbocycles. The van der Waals surface area contributed by atoms with Crippen LogP contribution in [0.2, 0.25) is 0 Å².